The normalized spacial score (nSPS) is 10.9. The molecule has 2 heteroatoms. The van der Waals surface area contributed by atoms with Gasteiger partial charge in [0.25, 0.3) is 0 Å². The van der Waals surface area contributed by atoms with Gasteiger partial charge in [-0.15, -0.1) is 0 Å². The molecule has 0 N–H and O–H groups in total. The van der Waals surface area contributed by atoms with Crippen molar-refractivity contribution in [1.82, 2.24) is 0 Å². The van der Waals surface area contributed by atoms with Gasteiger partial charge < -0.3 is 9.80 Å². The summed E-state index contributed by atoms with van der Waals surface area (Å²) < 4.78 is 0. The van der Waals surface area contributed by atoms with E-state index in [0.29, 0.717) is 0 Å². The highest BCUT2D eigenvalue weighted by Gasteiger charge is 2.24. The maximum Gasteiger partial charge on any atom is 0.0517 e. The van der Waals surface area contributed by atoms with E-state index in [2.05, 4.69) is 162 Å². The van der Waals surface area contributed by atoms with E-state index in [1.54, 1.807) is 0 Å². The third-order valence-corrected chi connectivity index (χ3v) is 7.82. The molecule has 0 saturated carbocycles. The van der Waals surface area contributed by atoms with Gasteiger partial charge in [-0.25, -0.2) is 0 Å². The predicted octanol–water partition coefficient (Wildman–Crippen LogP) is 11.4. The third kappa shape index (κ3) is 5.69. The minimum atomic E-state index is 1.08. The maximum atomic E-state index is 4.21. The molecule has 0 heterocycles. The zero-order chi connectivity index (χ0) is 29.3. The Morgan fingerprint density at radius 3 is 1.27 bits per heavy atom. The number of hydrogen-bond donors (Lipinski definition) is 0. The number of rotatable bonds is 7. The van der Waals surface area contributed by atoms with Crippen LogP contribution in [0.3, 0.4) is 0 Å². The van der Waals surface area contributed by atoms with Crippen LogP contribution in [0.1, 0.15) is 44.5 Å². The first-order valence-corrected chi connectivity index (χ1v) is 14.3. The minimum Gasteiger partial charge on any atom is -0.310 e. The molecule has 5 rings (SSSR count). The van der Waals surface area contributed by atoms with Crippen LogP contribution in [0.25, 0.3) is 6.08 Å². The Kier molecular flexibility index (Phi) is 7.85. The van der Waals surface area contributed by atoms with Gasteiger partial charge >= 0.3 is 0 Å². The van der Waals surface area contributed by atoms with Gasteiger partial charge in [-0.3, -0.25) is 0 Å². The highest BCUT2D eigenvalue weighted by atomic mass is 15.2. The van der Waals surface area contributed by atoms with Gasteiger partial charge in [-0.05, 0) is 142 Å². The van der Waals surface area contributed by atoms with Crippen LogP contribution in [0.15, 0.2) is 104 Å². The lowest BCUT2D eigenvalue weighted by Gasteiger charge is -2.34. The molecule has 0 fully saturated rings. The van der Waals surface area contributed by atoms with Gasteiger partial charge in [0.05, 0.1) is 11.4 Å². The lowest BCUT2D eigenvalue weighted by atomic mass is 10.00. The molecule has 0 saturated heterocycles. The molecule has 5 aromatic carbocycles. The van der Waals surface area contributed by atoms with Crippen LogP contribution in [0.2, 0.25) is 0 Å². The summed E-state index contributed by atoms with van der Waals surface area (Å²) in [6, 6.07) is 35.5. The van der Waals surface area contributed by atoms with E-state index in [9.17, 15) is 0 Å². The SMILES string of the molecule is C=Cc1cc(N(c2cccc(C)c2)c2cc(C)ccc2C)c(C)c(N(c2cccc(C)c2)c2cc(C)ccc2C)c1. The first-order chi connectivity index (χ1) is 19.7. The molecule has 0 aliphatic heterocycles. The monoisotopic (exact) mass is 536 g/mol. The summed E-state index contributed by atoms with van der Waals surface area (Å²) in [5.74, 6) is 0. The second-order valence-electron chi connectivity index (χ2n) is 11.3. The molecular weight excluding hydrogens is 496 g/mol. The second kappa shape index (κ2) is 11.5. The predicted molar refractivity (Wildman–Crippen MR) is 179 cm³/mol. The topological polar surface area (TPSA) is 6.48 Å². The molecule has 0 atom stereocenters. The van der Waals surface area contributed by atoms with Crippen molar-refractivity contribution in [3.05, 3.63) is 148 Å². The van der Waals surface area contributed by atoms with Crippen LogP contribution in [0.5, 0.6) is 0 Å². The smallest absolute Gasteiger partial charge is 0.0517 e. The van der Waals surface area contributed by atoms with Crippen LogP contribution in [0.4, 0.5) is 34.1 Å². The molecule has 0 aliphatic rings. The fourth-order valence-corrected chi connectivity index (χ4v) is 5.56. The first kappa shape index (κ1) is 28.0. The summed E-state index contributed by atoms with van der Waals surface area (Å²) >= 11 is 0. The van der Waals surface area contributed by atoms with Crippen molar-refractivity contribution in [1.29, 1.82) is 0 Å². The zero-order valence-electron chi connectivity index (χ0n) is 25.4. The van der Waals surface area contributed by atoms with Gasteiger partial charge in [0.1, 0.15) is 0 Å². The van der Waals surface area contributed by atoms with Crippen LogP contribution in [-0.4, -0.2) is 0 Å². The Hall–Kier alpha value is -4.56. The third-order valence-electron chi connectivity index (χ3n) is 7.82. The highest BCUT2D eigenvalue weighted by Crippen LogP contribution is 2.46. The van der Waals surface area contributed by atoms with Crippen molar-refractivity contribution in [3.8, 4) is 0 Å². The standard InChI is InChI=1S/C39H40N2/c1-9-33-24-38(40(34-14-10-12-26(2)20-34)36-22-28(4)16-18-30(36)6)32(8)39(25-33)41(35-15-11-13-27(3)21-35)37-23-29(5)17-19-31(37)7/h9-25H,1H2,2-8H3. The molecule has 2 nitrogen and oxygen atoms in total. The summed E-state index contributed by atoms with van der Waals surface area (Å²) in [6.07, 6.45) is 1.96. The van der Waals surface area contributed by atoms with Gasteiger partial charge in [0.2, 0.25) is 0 Å². The molecule has 0 aromatic heterocycles. The van der Waals surface area contributed by atoms with Crippen molar-refractivity contribution in [2.75, 3.05) is 9.80 Å². The molecule has 41 heavy (non-hydrogen) atoms. The molecule has 5 aromatic rings. The number of hydrogen-bond acceptors (Lipinski definition) is 2. The second-order valence-corrected chi connectivity index (χ2v) is 11.3. The summed E-state index contributed by atoms with van der Waals surface area (Å²) in [5, 5.41) is 0. The molecular formula is C39H40N2. The summed E-state index contributed by atoms with van der Waals surface area (Å²) in [4.78, 5) is 4.83. The quantitative estimate of drug-likeness (QED) is 0.204. The van der Waals surface area contributed by atoms with Crippen LogP contribution < -0.4 is 9.80 Å². The first-order valence-electron chi connectivity index (χ1n) is 14.3. The fraction of sp³-hybridized carbons (Fsp3) is 0.179. The van der Waals surface area contributed by atoms with E-state index in [4.69, 9.17) is 0 Å². The molecule has 0 spiro atoms. The number of aryl methyl sites for hydroxylation is 6. The Bertz CT molecular complexity index is 1620. The lowest BCUT2D eigenvalue weighted by Crippen LogP contribution is -2.17. The molecule has 0 radical (unpaired) electrons. The number of benzene rings is 5. The summed E-state index contributed by atoms with van der Waals surface area (Å²) in [5.41, 5.74) is 16.6. The van der Waals surface area contributed by atoms with Gasteiger partial charge in [0.15, 0.2) is 0 Å². The Labute approximate surface area is 246 Å². The molecule has 0 amide bonds. The van der Waals surface area contributed by atoms with Gasteiger partial charge in [-0.1, -0.05) is 61.2 Å². The molecule has 0 aliphatic carbocycles. The van der Waals surface area contributed by atoms with Crippen molar-refractivity contribution in [2.24, 2.45) is 0 Å². The Morgan fingerprint density at radius 1 is 0.463 bits per heavy atom. The largest absolute Gasteiger partial charge is 0.310 e. The average molecular weight is 537 g/mol. The van der Waals surface area contributed by atoms with E-state index in [0.717, 1.165) is 28.3 Å². The van der Waals surface area contributed by atoms with E-state index >= 15 is 0 Å². The molecule has 206 valence electrons. The highest BCUT2D eigenvalue weighted by molar-refractivity contribution is 5.89. The fourth-order valence-electron chi connectivity index (χ4n) is 5.56. The summed E-state index contributed by atoms with van der Waals surface area (Å²) in [6.45, 7) is 19.5. The number of anilines is 6. The lowest BCUT2D eigenvalue weighted by molar-refractivity contribution is 1.17. The van der Waals surface area contributed by atoms with Crippen LogP contribution in [0, 0.1) is 48.5 Å². The van der Waals surface area contributed by atoms with Crippen molar-refractivity contribution >= 4 is 40.2 Å². The summed E-state index contributed by atoms with van der Waals surface area (Å²) in [7, 11) is 0. The van der Waals surface area contributed by atoms with E-state index < -0.39 is 0 Å². The Morgan fingerprint density at radius 2 is 0.878 bits per heavy atom. The van der Waals surface area contributed by atoms with Crippen molar-refractivity contribution in [2.45, 2.75) is 48.5 Å². The van der Waals surface area contributed by atoms with Crippen LogP contribution in [-0.2, 0) is 0 Å². The van der Waals surface area contributed by atoms with Crippen LogP contribution >= 0.6 is 0 Å². The minimum absolute atomic E-state index is 1.08. The van der Waals surface area contributed by atoms with Crippen molar-refractivity contribution < 1.29 is 0 Å². The number of nitrogens with zero attached hydrogens (tertiary/aromatic N) is 2. The van der Waals surface area contributed by atoms with Crippen molar-refractivity contribution in [3.63, 3.8) is 0 Å². The zero-order valence-corrected chi connectivity index (χ0v) is 25.4. The average Bonchev–Trinajstić information content (AvgIpc) is 2.94. The molecule has 0 unspecified atom stereocenters. The van der Waals surface area contributed by atoms with E-state index in [-0.39, 0.29) is 0 Å². The van der Waals surface area contributed by atoms with Gasteiger partial charge in [-0.2, -0.15) is 0 Å². The molecule has 0 bridgehead atoms. The maximum absolute atomic E-state index is 4.21. The van der Waals surface area contributed by atoms with E-state index in [1.807, 2.05) is 6.08 Å². The van der Waals surface area contributed by atoms with E-state index in [1.165, 1.54) is 50.3 Å². The Balaban J connectivity index is 1.86. The van der Waals surface area contributed by atoms with Gasteiger partial charge in [0, 0.05) is 22.7 Å².